The summed E-state index contributed by atoms with van der Waals surface area (Å²) in [6.45, 7) is 2.17. The number of benzene rings is 1. The first-order valence-corrected chi connectivity index (χ1v) is 8.05. The number of halogens is 1. The molecule has 0 aromatic heterocycles. The maximum atomic E-state index is 12.3. The van der Waals surface area contributed by atoms with Crippen LogP contribution in [0, 0.1) is 5.92 Å². The molecular formula is C15H19BrO2S. The SMILES string of the molecule is CCC1CCCCC1OC(=O)c1cc(S)ccc1Br. The Labute approximate surface area is 128 Å². The van der Waals surface area contributed by atoms with Crippen LogP contribution in [0.3, 0.4) is 0 Å². The number of hydrogen-bond donors (Lipinski definition) is 1. The molecular weight excluding hydrogens is 324 g/mol. The molecule has 2 rings (SSSR count). The van der Waals surface area contributed by atoms with E-state index < -0.39 is 0 Å². The van der Waals surface area contributed by atoms with Gasteiger partial charge in [0.15, 0.2) is 0 Å². The molecule has 4 heteroatoms. The van der Waals surface area contributed by atoms with Crippen molar-refractivity contribution in [1.82, 2.24) is 0 Å². The lowest BCUT2D eigenvalue weighted by atomic mass is 9.85. The van der Waals surface area contributed by atoms with Crippen LogP contribution in [0.4, 0.5) is 0 Å². The van der Waals surface area contributed by atoms with E-state index in [4.69, 9.17) is 4.74 Å². The van der Waals surface area contributed by atoms with Crippen LogP contribution in [-0.4, -0.2) is 12.1 Å². The van der Waals surface area contributed by atoms with Crippen molar-refractivity contribution in [3.63, 3.8) is 0 Å². The van der Waals surface area contributed by atoms with Crippen molar-refractivity contribution in [2.24, 2.45) is 5.92 Å². The second-order valence-electron chi connectivity index (χ2n) is 5.06. The number of carbonyl (C=O) groups is 1. The van der Waals surface area contributed by atoms with E-state index in [0.29, 0.717) is 11.5 Å². The molecule has 0 amide bonds. The van der Waals surface area contributed by atoms with Crippen molar-refractivity contribution in [3.05, 3.63) is 28.2 Å². The molecule has 0 heterocycles. The van der Waals surface area contributed by atoms with E-state index in [1.54, 1.807) is 6.07 Å². The van der Waals surface area contributed by atoms with Crippen molar-refractivity contribution in [1.29, 1.82) is 0 Å². The Bertz CT molecular complexity index is 461. The van der Waals surface area contributed by atoms with E-state index in [9.17, 15) is 4.79 Å². The second-order valence-corrected chi connectivity index (χ2v) is 6.43. The lowest BCUT2D eigenvalue weighted by molar-refractivity contribution is 0.000590. The highest BCUT2D eigenvalue weighted by Crippen LogP contribution is 2.30. The molecule has 0 saturated heterocycles. The summed E-state index contributed by atoms with van der Waals surface area (Å²) < 4.78 is 6.48. The zero-order chi connectivity index (χ0) is 13.8. The van der Waals surface area contributed by atoms with E-state index in [1.165, 1.54) is 12.8 Å². The van der Waals surface area contributed by atoms with Crippen molar-refractivity contribution >= 4 is 34.5 Å². The highest BCUT2D eigenvalue weighted by molar-refractivity contribution is 9.10. The van der Waals surface area contributed by atoms with E-state index in [2.05, 4.69) is 35.5 Å². The normalized spacial score (nSPS) is 23.1. The predicted molar refractivity (Wildman–Crippen MR) is 82.8 cm³/mol. The molecule has 1 aromatic rings. The average molecular weight is 343 g/mol. The first-order valence-electron chi connectivity index (χ1n) is 6.81. The number of esters is 1. The zero-order valence-corrected chi connectivity index (χ0v) is 13.5. The maximum absolute atomic E-state index is 12.3. The number of ether oxygens (including phenoxy) is 1. The fourth-order valence-corrected chi connectivity index (χ4v) is 3.28. The lowest BCUT2D eigenvalue weighted by Gasteiger charge is -2.30. The highest BCUT2D eigenvalue weighted by Gasteiger charge is 2.27. The molecule has 1 aromatic carbocycles. The van der Waals surface area contributed by atoms with Gasteiger partial charge in [0.25, 0.3) is 0 Å². The molecule has 1 aliphatic carbocycles. The Morgan fingerprint density at radius 3 is 2.89 bits per heavy atom. The summed E-state index contributed by atoms with van der Waals surface area (Å²) in [5, 5.41) is 0. The molecule has 1 fully saturated rings. The minimum atomic E-state index is -0.242. The van der Waals surface area contributed by atoms with Gasteiger partial charge in [0.1, 0.15) is 6.10 Å². The van der Waals surface area contributed by atoms with Gasteiger partial charge in [-0.25, -0.2) is 4.79 Å². The second kappa shape index (κ2) is 6.80. The van der Waals surface area contributed by atoms with Crippen molar-refractivity contribution < 1.29 is 9.53 Å². The summed E-state index contributed by atoms with van der Waals surface area (Å²) in [6.07, 6.45) is 5.71. The van der Waals surface area contributed by atoms with Crippen LogP contribution in [-0.2, 0) is 4.74 Å². The van der Waals surface area contributed by atoms with Crippen molar-refractivity contribution in [3.8, 4) is 0 Å². The number of thiol groups is 1. The van der Waals surface area contributed by atoms with Gasteiger partial charge in [-0.2, -0.15) is 0 Å². The molecule has 2 unspecified atom stereocenters. The van der Waals surface area contributed by atoms with Gasteiger partial charge in [0.05, 0.1) is 5.56 Å². The molecule has 0 bridgehead atoms. The Hall–Kier alpha value is -0.480. The van der Waals surface area contributed by atoms with Gasteiger partial charge in [-0.1, -0.05) is 13.3 Å². The number of hydrogen-bond acceptors (Lipinski definition) is 3. The van der Waals surface area contributed by atoms with E-state index in [-0.39, 0.29) is 12.1 Å². The predicted octanol–water partition coefficient (Wildman–Crippen LogP) is 4.86. The van der Waals surface area contributed by atoms with E-state index in [0.717, 1.165) is 28.6 Å². The summed E-state index contributed by atoms with van der Waals surface area (Å²) in [5.41, 5.74) is 0.563. The minimum absolute atomic E-state index is 0.0710. The summed E-state index contributed by atoms with van der Waals surface area (Å²) in [5.74, 6) is 0.267. The third-order valence-electron chi connectivity index (χ3n) is 3.79. The Morgan fingerprint density at radius 1 is 1.42 bits per heavy atom. The van der Waals surface area contributed by atoms with Crippen LogP contribution >= 0.6 is 28.6 Å². The molecule has 0 aliphatic heterocycles. The zero-order valence-electron chi connectivity index (χ0n) is 11.1. The molecule has 2 nitrogen and oxygen atoms in total. The third kappa shape index (κ3) is 3.76. The molecule has 1 saturated carbocycles. The number of carbonyl (C=O) groups excluding carboxylic acids is 1. The first kappa shape index (κ1) is 14.9. The van der Waals surface area contributed by atoms with Gasteiger partial charge in [-0.3, -0.25) is 0 Å². The van der Waals surface area contributed by atoms with Gasteiger partial charge in [0, 0.05) is 9.37 Å². The van der Waals surface area contributed by atoms with Crippen LogP contribution in [0.25, 0.3) is 0 Å². The van der Waals surface area contributed by atoms with Gasteiger partial charge in [-0.15, -0.1) is 12.6 Å². The van der Waals surface area contributed by atoms with E-state index >= 15 is 0 Å². The molecule has 0 spiro atoms. The first-order chi connectivity index (χ1) is 9.11. The minimum Gasteiger partial charge on any atom is -0.458 e. The largest absolute Gasteiger partial charge is 0.458 e. The fourth-order valence-electron chi connectivity index (χ4n) is 2.67. The van der Waals surface area contributed by atoms with Crippen molar-refractivity contribution in [2.45, 2.75) is 50.0 Å². The molecule has 2 atom stereocenters. The smallest absolute Gasteiger partial charge is 0.339 e. The van der Waals surface area contributed by atoms with Crippen LogP contribution < -0.4 is 0 Å². The quantitative estimate of drug-likeness (QED) is 0.626. The topological polar surface area (TPSA) is 26.3 Å². The maximum Gasteiger partial charge on any atom is 0.339 e. The highest BCUT2D eigenvalue weighted by atomic mass is 79.9. The van der Waals surface area contributed by atoms with Gasteiger partial charge in [0.2, 0.25) is 0 Å². The van der Waals surface area contributed by atoms with Crippen LogP contribution in [0.5, 0.6) is 0 Å². The lowest BCUT2D eigenvalue weighted by Crippen LogP contribution is -2.29. The van der Waals surface area contributed by atoms with E-state index in [1.807, 2.05) is 12.1 Å². The Kier molecular flexibility index (Phi) is 5.34. The Balaban J connectivity index is 2.09. The molecule has 1 aliphatic rings. The summed E-state index contributed by atoms with van der Waals surface area (Å²) >= 11 is 7.66. The third-order valence-corrected chi connectivity index (χ3v) is 4.76. The van der Waals surface area contributed by atoms with Gasteiger partial charge < -0.3 is 4.74 Å². The van der Waals surface area contributed by atoms with Crippen molar-refractivity contribution in [2.75, 3.05) is 0 Å². The summed E-state index contributed by atoms with van der Waals surface area (Å²) in [7, 11) is 0. The Morgan fingerprint density at radius 2 is 2.16 bits per heavy atom. The average Bonchev–Trinajstić information content (AvgIpc) is 2.42. The van der Waals surface area contributed by atoms with Crippen LogP contribution in [0.1, 0.15) is 49.4 Å². The van der Waals surface area contributed by atoms with Crippen LogP contribution in [0.15, 0.2) is 27.6 Å². The standard InChI is InChI=1S/C15H19BrO2S/c1-2-10-5-3-4-6-14(10)18-15(17)12-9-11(19)7-8-13(12)16/h7-10,14,19H,2-6H2,1H3. The molecule has 0 N–H and O–H groups in total. The van der Waals surface area contributed by atoms with Gasteiger partial charge >= 0.3 is 5.97 Å². The fraction of sp³-hybridized carbons (Fsp3) is 0.533. The summed E-state index contributed by atoms with van der Waals surface area (Å²) in [4.78, 5) is 13.0. The van der Waals surface area contributed by atoms with Gasteiger partial charge in [-0.05, 0) is 65.7 Å². The monoisotopic (exact) mass is 342 g/mol. The molecule has 19 heavy (non-hydrogen) atoms. The summed E-state index contributed by atoms with van der Waals surface area (Å²) in [6, 6.07) is 5.43. The molecule has 0 radical (unpaired) electrons. The number of rotatable bonds is 3. The van der Waals surface area contributed by atoms with Crippen LogP contribution in [0.2, 0.25) is 0 Å². The molecule has 104 valence electrons.